The van der Waals surface area contributed by atoms with Crippen LogP contribution < -0.4 is 4.74 Å². The molecule has 0 spiro atoms. The number of nitro groups is 1. The molecule has 0 amide bonds. The summed E-state index contributed by atoms with van der Waals surface area (Å²) in [7, 11) is 0. The Morgan fingerprint density at radius 2 is 2.25 bits per heavy atom. The average Bonchev–Trinajstić information content (AvgIpc) is 2.85. The SMILES string of the molecule is CCCc1noc(COc2ccc(C)cc2[N+](=O)[O-])n1. The minimum Gasteiger partial charge on any atom is -0.477 e. The van der Waals surface area contributed by atoms with Crippen LogP contribution in [0.1, 0.15) is 30.6 Å². The Hall–Kier alpha value is -2.44. The molecule has 20 heavy (non-hydrogen) atoms. The van der Waals surface area contributed by atoms with Gasteiger partial charge in [-0.3, -0.25) is 10.1 Å². The van der Waals surface area contributed by atoms with Gasteiger partial charge in [-0.05, 0) is 25.0 Å². The highest BCUT2D eigenvalue weighted by atomic mass is 16.6. The predicted molar refractivity (Wildman–Crippen MR) is 70.5 cm³/mol. The second kappa shape index (κ2) is 6.14. The number of aryl methyl sites for hydroxylation is 2. The van der Waals surface area contributed by atoms with E-state index >= 15 is 0 Å². The van der Waals surface area contributed by atoms with Crippen LogP contribution in [0, 0.1) is 17.0 Å². The van der Waals surface area contributed by atoms with E-state index < -0.39 is 4.92 Å². The average molecular weight is 277 g/mol. The first-order valence-electron chi connectivity index (χ1n) is 6.29. The number of hydrogen-bond donors (Lipinski definition) is 0. The fraction of sp³-hybridized carbons (Fsp3) is 0.385. The van der Waals surface area contributed by atoms with Crippen molar-refractivity contribution >= 4 is 5.69 Å². The topological polar surface area (TPSA) is 91.3 Å². The third-order valence-electron chi connectivity index (χ3n) is 2.65. The Balaban J connectivity index is 2.08. The van der Waals surface area contributed by atoms with E-state index in [2.05, 4.69) is 10.1 Å². The van der Waals surface area contributed by atoms with Crippen molar-refractivity contribution in [2.75, 3.05) is 0 Å². The molecule has 2 rings (SSSR count). The smallest absolute Gasteiger partial charge is 0.311 e. The summed E-state index contributed by atoms with van der Waals surface area (Å²) in [4.78, 5) is 14.6. The minimum atomic E-state index is -0.474. The number of rotatable bonds is 6. The van der Waals surface area contributed by atoms with E-state index in [-0.39, 0.29) is 18.0 Å². The van der Waals surface area contributed by atoms with Crippen molar-refractivity contribution in [2.24, 2.45) is 0 Å². The maximum absolute atomic E-state index is 10.9. The lowest BCUT2D eigenvalue weighted by Crippen LogP contribution is -2.00. The first-order valence-corrected chi connectivity index (χ1v) is 6.29. The molecule has 0 saturated heterocycles. The van der Waals surface area contributed by atoms with Gasteiger partial charge >= 0.3 is 5.69 Å². The van der Waals surface area contributed by atoms with Crippen molar-refractivity contribution in [2.45, 2.75) is 33.3 Å². The molecular formula is C13H15N3O4. The van der Waals surface area contributed by atoms with Gasteiger partial charge < -0.3 is 9.26 Å². The summed E-state index contributed by atoms with van der Waals surface area (Å²) in [5.41, 5.74) is 0.727. The summed E-state index contributed by atoms with van der Waals surface area (Å²) >= 11 is 0. The van der Waals surface area contributed by atoms with Gasteiger partial charge in [0.15, 0.2) is 18.2 Å². The Morgan fingerprint density at radius 1 is 1.45 bits per heavy atom. The van der Waals surface area contributed by atoms with Crippen LogP contribution in [0.2, 0.25) is 0 Å². The molecule has 0 aliphatic rings. The molecular weight excluding hydrogens is 262 g/mol. The number of benzene rings is 1. The molecule has 1 aromatic heterocycles. The maximum Gasteiger partial charge on any atom is 0.311 e. The van der Waals surface area contributed by atoms with Gasteiger partial charge in [-0.25, -0.2) is 0 Å². The van der Waals surface area contributed by atoms with Crippen molar-refractivity contribution in [1.29, 1.82) is 0 Å². The van der Waals surface area contributed by atoms with E-state index in [1.165, 1.54) is 6.07 Å². The van der Waals surface area contributed by atoms with Gasteiger partial charge in [-0.2, -0.15) is 4.98 Å². The molecule has 0 aliphatic heterocycles. The van der Waals surface area contributed by atoms with E-state index in [4.69, 9.17) is 9.26 Å². The van der Waals surface area contributed by atoms with Crippen molar-refractivity contribution < 1.29 is 14.2 Å². The van der Waals surface area contributed by atoms with Gasteiger partial charge in [0, 0.05) is 12.5 Å². The van der Waals surface area contributed by atoms with E-state index in [0.717, 1.165) is 18.4 Å². The molecule has 1 heterocycles. The first-order chi connectivity index (χ1) is 9.60. The van der Waals surface area contributed by atoms with Crippen LogP contribution in [0.15, 0.2) is 22.7 Å². The van der Waals surface area contributed by atoms with Crippen LogP contribution in [-0.4, -0.2) is 15.1 Å². The highest BCUT2D eigenvalue weighted by Gasteiger charge is 2.16. The van der Waals surface area contributed by atoms with Crippen LogP contribution in [0.5, 0.6) is 5.75 Å². The number of nitrogens with zero attached hydrogens (tertiary/aromatic N) is 3. The summed E-state index contributed by atoms with van der Waals surface area (Å²) < 4.78 is 10.4. The third-order valence-corrected chi connectivity index (χ3v) is 2.65. The van der Waals surface area contributed by atoms with Crippen molar-refractivity contribution in [3.8, 4) is 5.75 Å². The normalized spacial score (nSPS) is 10.5. The Morgan fingerprint density at radius 3 is 2.95 bits per heavy atom. The predicted octanol–water partition coefficient (Wildman–Crippen LogP) is 2.82. The summed E-state index contributed by atoms with van der Waals surface area (Å²) in [5.74, 6) is 1.11. The summed E-state index contributed by atoms with van der Waals surface area (Å²) in [6, 6.07) is 4.78. The van der Waals surface area contributed by atoms with Gasteiger partial charge in [0.1, 0.15) is 0 Å². The highest BCUT2D eigenvalue weighted by molar-refractivity contribution is 5.48. The van der Waals surface area contributed by atoms with Crippen molar-refractivity contribution in [3.05, 3.63) is 45.6 Å². The van der Waals surface area contributed by atoms with Crippen LogP contribution in [0.25, 0.3) is 0 Å². The zero-order chi connectivity index (χ0) is 14.5. The standard InChI is InChI=1S/C13H15N3O4/c1-3-4-12-14-13(20-15-12)8-19-11-6-5-9(2)7-10(11)16(17)18/h5-7H,3-4,8H2,1-2H3. The number of aromatic nitrogens is 2. The van der Waals surface area contributed by atoms with E-state index in [1.54, 1.807) is 19.1 Å². The van der Waals surface area contributed by atoms with Crippen LogP contribution in [0.4, 0.5) is 5.69 Å². The Bertz CT molecular complexity index is 609. The second-order valence-electron chi connectivity index (χ2n) is 4.37. The maximum atomic E-state index is 10.9. The molecule has 106 valence electrons. The summed E-state index contributed by atoms with van der Waals surface area (Å²) in [6.45, 7) is 3.81. The number of ether oxygens (including phenoxy) is 1. The lowest BCUT2D eigenvalue weighted by molar-refractivity contribution is -0.386. The number of hydrogen-bond acceptors (Lipinski definition) is 6. The van der Waals surface area contributed by atoms with Crippen molar-refractivity contribution in [1.82, 2.24) is 10.1 Å². The molecule has 0 aliphatic carbocycles. The zero-order valence-electron chi connectivity index (χ0n) is 11.3. The Kier molecular flexibility index (Phi) is 4.29. The van der Waals surface area contributed by atoms with Gasteiger partial charge in [-0.1, -0.05) is 18.1 Å². The van der Waals surface area contributed by atoms with Crippen LogP contribution in [0.3, 0.4) is 0 Å². The Labute approximate surface area is 115 Å². The molecule has 7 nitrogen and oxygen atoms in total. The van der Waals surface area contributed by atoms with Gasteiger partial charge in [0.25, 0.3) is 5.89 Å². The van der Waals surface area contributed by atoms with E-state index in [0.29, 0.717) is 11.7 Å². The largest absolute Gasteiger partial charge is 0.477 e. The van der Waals surface area contributed by atoms with Crippen LogP contribution >= 0.6 is 0 Å². The second-order valence-corrected chi connectivity index (χ2v) is 4.37. The summed E-state index contributed by atoms with van der Waals surface area (Å²) in [5, 5.41) is 14.7. The van der Waals surface area contributed by atoms with Crippen molar-refractivity contribution in [3.63, 3.8) is 0 Å². The van der Waals surface area contributed by atoms with E-state index in [9.17, 15) is 10.1 Å². The molecule has 0 radical (unpaired) electrons. The molecule has 1 aromatic carbocycles. The lowest BCUT2D eigenvalue weighted by atomic mass is 10.2. The zero-order valence-corrected chi connectivity index (χ0v) is 11.3. The molecule has 0 saturated carbocycles. The van der Waals surface area contributed by atoms with Gasteiger partial charge in [0.2, 0.25) is 0 Å². The monoisotopic (exact) mass is 277 g/mol. The fourth-order valence-electron chi connectivity index (χ4n) is 1.71. The first kappa shape index (κ1) is 14.0. The quantitative estimate of drug-likeness (QED) is 0.595. The molecule has 0 N–H and O–H groups in total. The molecule has 0 unspecified atom stereocenters. The molecule has 2 aromatic rings. The number of nitro benzene ring substituents is 1. The van der Waals surface area contributed by atoms with Crippen LogP contribution in [-0.2, 0) is 13.0 Å². The fourth-order valence-corrected chi connectivity index (χ4v) is 1.71. The highest BCUT2D eigenvalue weighted by Crippen LogP contribution is 2.28. The molecule has 7 heteroatoms. The van der Waals surface area contributed by atoms with Gasteiger partial charge in [-0.15, -0.1) is 0 Å². The van der Waals surface area contributed by atoms with E-state index in [1.807, 2.05) is 6.92 Å². The molecule has 0 bridgehead atoms. The van der Waals surface area contributed by atoms with Gasteiger partial charge in [0.05, 0.1) is 4.92 Å². The summed E-state index contributed by atoms with van der Waals surface area (Å²) in [6.07, 6.45) is 1.65. The third kappa shape index (κ3) is 3.31. The minimum absolute atomic E-state index is 0.0145. The molecule has 0 atom stereocenters. The molecule has 0 fully saturated rings. The lowest BCUT2D eigenvalue weighted by Gasteiger charge is -2.04.